The Bertz CT molecular complexity index is 651. The Balaban J connectivity index is 1.46. The van der Waals surface area contributed by atoms with Gasteiger partial charge in [-0.05, 0) is 93.8 Å². The van der Waals surface area contributed by atoms with Crippen molar-refractivity contribution in [3.05, 3.63) is 28.8 Å². The number of hydrogen-bond donors (Lipinski definition) is 1. The number of fused-ring (bicyclic) bond motifs is 2. The summed E-state index contributed by atoms with van der Waals surface area (Å²) in [5.41, 5.74) is 12.1. The topological polar surface area (TPSA) is 41.6 Å². The van der Waals surface area contributed by atoms with Gasteiger partial charge in [0.2, 0.25) is 0 Å². The summed E-state index contributed by atoms with van der Waals surface area (Å²) in [5.74, 6) is 0.877. The van der Waals surface area contributed by atoms with Crippen LogP contribution >= 0.6 is 0 Å². The minimum atomic E-state index is 0.103. The molecule has 0 amide bonds. The van der Waals surface area contributed by atoms with Gasteiger partial charge in [-0.25, -0.2) is 4.99 Å². The van der Waals surface area contributed by atoms with Crippen LogP contribution in [0.5, 0.6) is 0 Å². The zero-order valence-electron chi connectivity index (χ0n) is 15.8. The highest BCUT2D eigenvalue weighted by Crippen LogP contribution is 2.52. The van der Waals surface area contributed by atoms with Crippen LogP contribution in [0.15, 0.2) is 17.1 Å². The van der Waals surface area contributed by atoms with E-state index in [-0.39, 0.29) is 5.41 Å². The summed E-state index contributed by atoms with van der Waals surface area (Å²) in [6.45, 7) is 6.20. The molecule has 1 spiro atoms. The minimum Gasteiger partial charge on any atom is -0.386 e. The van der Waals surface area contributed by atoms with Crippen LogP contribution in [0.3, 0.4) is 0 Å². The monoisotopic (exact) mass is 339 g/mol. The van der Waals surface area contributed by atoms with Crippen molar-refractivity contribution in [2.75, 3.05) is 19.6 Å². The normalized spacial score (nSPS) is 21.4. The van der Waals surface area contributed by atoms with Gasteiger partial charge in [-0.2, -0.15) is 0 Å². The van der Waals surface area contributed by atoms with E-state index >= 15 is 0 Å². The molecule has 0 bridgehead atoms. The first kappa shape index (κ1) is 17.1. The molecular weight excluding hydrogens is 306 g/mol. The Labute approximate surface area is 152 Å². The van der Waals surface area contributed by atoms with Gasteiger partial charge in [-0.1, -0.05) is 25.8 Å². The van der Waals surface area contributed by atoms with Gasteiger partial charge in [0, 0.05) is 0 Å². The number of hydrogen-bond acceptors (Lipinski definition) is 3. The predicted octanol–water partition coefficient (Wildman–Crippen LogP) is 4.48. The fourth-order valence-corrected chi connectivity index (χ4v) is 4.97. The van der Waals surface area contributed by atoms with Crippen LogP contribution < -0.4 is 5.73 Å². The van der Waals surface area contributed by atoms with E-state index in [1.165, 1.54) is 101 Å². The van der Waals surface area contributed by atoms with Crippen molar-refractivity contribution in [2.45, 2.75) is 76.5 Å². The standard InChI is InChI=1S/C22H33N3/c1-2-8-17-15-19-20(24-21(23)22(19)10-7-11-22)16-18(17)9-3-4-12-25-13-5-6-14-25/h15-16H,2-14H2,1H3,(H2,23,24). The van der Waals surface area contributed by atoms with E-state index in [9.17, 15) is 0 Å². The first-order valence-electron chi connectivity index (χ1n) is 10.5. The van der Waals surface area contributed by atoms with Crippen LogP contribution in [0.2, 0.25) is 0 Å². The molecule has 1 aromatic carbocycles. The van der Waals surface area contributed by atoms with E-state index in [4.69, 9.17) is 10.7 Å². The molecule has 1 aliphatic carbocycles. The third-order valence-corrected chi connectivity index (χ3v) is 6.66. The molecule has 1 saturated heterocycles. The van der Waals surface area contributed by atoms with E-state index in [1.54, 1.807) is 5.56 Å². The number of aliphatic imine (C=N–C) groups is 1. The maximum Gasteiger partial charge on any atom is 0.110 e. The molecule has 2 heterocycles. The lowest BCUT2D eigenvalue weighted by Crippen LogP contribution is -2.44. The Kier molecular flexibility index (Phi) is 4.86. The third kappa shape index (κ3) is 3.12. The molecule has 2 fully saturated rings. The van der Waals surface area contributed by atoms with Gasteiger partial charge in [0.15, 0.2) is 0 Å². The zero-order valence-corrected chi connectivity index (χ0v) is 15.8. The number of benzene rings is 1. The van der Waals surface area contributed by atoms with Crippen molar-refractivity contribution < 1.29 is 0 Å². The summed E-state index contributed by atoms with van der Waals surface area (Å²) in [4.78, 5) is 7.39. The SMILES string of the molecule is CCCc1cc2c(cc1CCCCN1CCCC1)N=C(N)C21CCC1. The highest BCUT2D eigenvalue weighted by Gasteiger charge is 2.47. The lowest BCUT2D eigenvalue weighted by molar-refractivity contribution is 0.330. The van der Waals surface area contributed by atoms with Crippen LogP contribution in [0, 0.1) is 0 Å². The van der Waals surface area contributed by atoms with Gasteiger partial charge in [0.1, 0.15) is 5.84 Å². The number of nitrogens with zero attached hydrogens (tertiary/aromatic N) is 2. The highest BCUT2D eigenvalue weighted by molar-refractivity contribution is 6.00. The van der Waals surface area contributed by atoms with Crippen molar-refractivity contribution >= 4 is 11.5 Å². The second-order valence-electron chi connectivity index (χ2n) is 8.33. The molecular formula is C22H33N3. The van der Waals surface area contributed by atoms with Crippen molar-refractivity contribution in [3.8, 4) is 0 Å². The first-order chi connectivity index (χ1) is 12.2. The predicted molar refractivity (Wildman–Crippen MR) is 106 cm³/mol. The zero-order chi connectivity index (χ0) is 17.3. The van der Waals surface area contributed by atoms with Crippen molar-refractivity contribution in [3.63, 3.8) is 0 Å². The molecule has 0 aromatic heterocycles. The van der Waals surface area contributed by atoms with Crippen molar-refractivity contribution in [1.82, 2.24) is 4.90 Å². The summed E-state index contributed by atoms with van der Waals surface area (Å²) in [6, 6.07) is 4.84. The first-order valence-corrected chi connectivity index (χ1v) is 10.5. The van der Waals surface area contributed by atoms with Crippen LogP contribution in [0.4, 0.5) is 5.69 Å². The van der Waals surface area contributed by atoms with Crippen molar-refractivity contribution in [1.29, 1.82) is 0 Å². The van der Waals surface area contributed by atoms with Crippen LogP contribution in [0.25, 0.3) is 0 Å². The Hall–Kier alpha value is -1.35. The second-order valence-corrected chi connectivity index (χ2v) is 8.33. The lowest BCUT2D eigenvalue weighted by Gasteiger charge is -2.39. The molecule has 3 nitrogen and oxygen atoms in total. The maximum absolute atomic E-state index is 6.34. The number of aryl methyl sites for hydroxylation is 2. The van der Waals surface area contributed by atoms with E-state index in [2.05, 4.69) is 24.0 Å². The lowest BCUT2D eigenvalue weighted by atomic mass is 9.64. The molecule has 136 valence electrons. The smallest absolute Gasteiger partial charge is 0.110 e. The molecule has 4 rings (SSSR count). The third-order valence-electron chi connectivity index (χ3n) is 6.66. The van der Waals surface area contributed by atoms with Crippen molar-refractivity contribution in [2.24, 2.45) is 10.7 Å². The summed E-state index contributed by atoms with van der Waals surface area (Å²) >= 11 is 0. The highest BCUT2D eigenvalue weighted by atomic mass is 15.1. The molecule has 25 heavy (non-hydrogen) atoms. The summed E-state index contributed by atoms with van der Waals surface area (Å²) in [7, 11) is 0. The van der Waals surface area contributed by atoms with E-state index < -0.39 is 0 Å². The summed E-state index contributed by atoms with van der Waals surface area (Å²) in [5, 5.41) is 0. The number of nitrogens with two attached hydrogens (primary N) is 1. The fourth-order valence-electron chi connectivity index (χ4n) is 4.97. The van der Waals surface area contributed by atoms with E-state index in [0.717, 1.165) is 5.84 Å². The minimum absolute atomic E-state index is 0.103. The van der Waals surface area contributed by atoms with Gasteiger partial charge in [0.05, 0.1) is 11.1 Å². The summed E-state index contributed by atoms with van der Waals surface area (Å²) in [6.07, 6.45) is 12.7. The molecule has 0 radical (unpaired) electrons. The number of unbranched alkanes of at least 4 members (excludes halogenated alkanes) is 1. The van der Waals surface area contributed by atoms with E-state index in [0.29, 0.717) is 0 Å². The number of amidine groups is 1. The average molecular weight is 340 g/mol. The largest absolute Gasteiger partial charge is 0.386 e. The van der Waals surface area contributed by atoms with Crippen LogP contribution in [0.1, 0.15) is 75.0 Å². The number of rotatable bonds is 7. The van der Waals surface area contributed by atoms with Gasteiger partial charge in [-0.15, -0.1) is 0 Å². The molecule has 3 heteroatoms. The average Bonchev–Trinajstić information content (AvgIpc) is 3.16. The Morgan fingerprint density at radius 1 is 1.04 bits per heavy atom. The molecule has 0 unspecified atom stereocenters. The molecule has 1 saturated carbocycles. The van der Waals surface area contributed by atoms with Gasteiger partial charge in [0.25, 0.3) is 0 Å². The molecule has 1 aromatic rings. The van der Waals surface area contributed by atoms with Gasteiger partial charge in [-0.3, -0.25) is 0 Å². The van der Waals surface area contributed by atoms with Crippen LogP contribution in [-0.2, 0) is 18.3 Å². The molecule has 2 aliphatic heterocycles. The Morgan fingerprint density at radius 2 is 1.80 bits per heavy atom. The second kappa shape index (κ2) is 7.11. The van der Waals surface area contributed by atoms with Crippen LogP contribution in [-0.4, -0.2) is 30.4 Å². The molecule has 3 aliphatic rings. The number of likely N-dealkylation sites (tertiary alicyclic amines) is 1. The fraction of sp³-hybridized carbons (Fsp3) is 0.682. The molecule has 2 N–H and O–H groups in total. The summed E-state index contributed by atoms with van der Waals surface area (Å²) < 4.78 is 0. The molecule has 0 atom stereocenters. The maximum atomic E-state index is 6.34. The quantitative estimate of drug-likeness (QED) is 0.744. The van der Waals surface area contributed by atoms with E-state index in [1.807, 2.05) is 0 Å². The van der Waals surface area contributed by atoms with Gasteiger partial charge >= 0.3 is 0 Å². The Morgan fingerprint density at radius 3 is 2.48 bits per heavy atom. The van der Waals surface area contributed by atoms with Gasteiger partial charge < -0.3 is 10.6 Å².